The summed E-state index contributed by atoms with van der Waals surface area (Å²) in [6.45, 7) is 2.04. The van der Waals surface area contributed by atoms with Crippen molar-refractivity contribution in [2.75, 3.05) is 6.26 Å². The van der Waals surface area contributed by atoms with Crippen LogP contribution in [-0.4, -0.2) is 24.6 Å². The van der Waals surface area contributed by atoms with Gasteiger partial charge in [0.05, 0.1) is 10.4 Å². The molecular formula is C16H16N2O2S. The summed E-state index contributed by atoms with van der Waals surface area (Å²) in [6.07, 6.45) is 1.86. The van der Waals surface area contributed by atoms with Crippen LogP contribution >= 0.6 is 0 Å². The number of benzene rings is 2. The minimum Gasteiger partial charge on any atom is -0.342 e. The molecular weight excluding hydrogens is 284 g/mol. The first-order valence-electron chi connectivity index (χ1n) is 6.67. The minimum atomic E-state index is -3.28. The first-order chi connectivity index (χ1) is 9.93. The third-order valence-electron chi connectivity index (χ3n) is 3.42. The number of nitrogens with one attached hydrogen (secondary N) is 1. The van der Waals surface area contributed by atoms with E-state index >= 15 is 0 Å². The summed E-state index contributed by atoms with van der Waals surface area (Å²) in [5.74, 6) is 0.768. The molecule has 1 aromatic heterocycles. The van der Waals surface area contributed by atoms with Crippen LogP contribution in [0.3, 0.4) is 0 Å². The van der Waals surface area contributed by atoms with Gasteiger partial charge in [-0.05, 0) is 24.6 Å². The number of aromatic nitrogens is 2. The van der Waals surface area contributed by atoms with Crippen molar-refractivity contribution >= 4 is 20.9 Å². The van der Waals surface area contributed by atoms with Gasteiger partial charge in [-0.2, -0.15) is 0 Å². The average Bonchev–Trinajstić information content (AvgIpc) is 2.82. The van der Waals surface area contributed by atoms with E-state index in [1.807, 2.05) is 13.0 Å². The van der Waals surface area contributed by atoms with Gasteiger partial charge in [-0.3, -0.25) is 0 Å². The zero-order valence-corrected chi connectivity index (χ0v) is 12.7. The van der Waals surface area contributed by atoms with E-state index in [-0.39, 0.29) is 4.90 Å². The molecule has 2 aromatic carbocycles. The average molecular weight is 300 g/mol. The molecule has 0 bridgehead atoms. The fourth-order valence-electron chi connectivity index (χ4n) is 2.34. The molecule has 0 amide bonds. The van der Waals surface area contributed by atoms with E-state index in [4.69, 9.17) is 0 Å². The van der Waals surface area contributed by atoms with Crippen LogP contribution < -0.4 is 0 Å². The highest BCUT2D eigenvalue weighted by Gasteiger charge is 2.15. The van der Waals surface area contributed by atoms with E-state index in [9.17, 15) is 8.42 Å². The number of imidazole rings is 1. The van der Waals surface area contributed by atoms with Crippen LogP contribution in [0.1, 0.15) is 17.0 Å². The van der Waals surface area contributed by atoms with Gasteiger partial charge < -0.3 is 4.98 Å². The molecule has 108 valence electrons. The third kappa shape index (κ3) is 2.83. The lowest BCUT2D eigenvalue weighted by molar-refractivity contribution is 0.602. The zero-order chi connectivity index (χ0) is 15.0. The number of sulfone groups is 1. The number of nitrogens with zero attached hydrogens (tertiary/aromatic N) is 1. The highest BCUT2D eigenvalue weighted by molar-refractivity contribution is 7.91. The second kappa shape index (κ2) is 5.00. The molecule has 0 spiro atoms. The molecule has 0 radical (unpaired) electrons. The van der Waals surface area contributed by atoms with Crippen molar-refractivity contribution in [1.82, 2.24) is 9.97 Å². The summed E-state index contributed by atoms with van der Waals surface area (Å²) in [5, 5.41) is 0. The number of fused-ring (bicyclic) bond motifs is 1. The Morgan fingerprint density at radius 1 is 1.10 bits per heavy atom. The smallest absolute Gasteiger partial charge is 0.177 e. The van der Waals surface area contributed by atoms with Gasteiger partial charge in [0.15, 0.2) is 9.84 Å². The van der Waals surface area contributed by atoms with Gasteiger partial charge in [-0.15, -0.1) is 0 Å². The van der Waals surface area contributed by atoms with Crippen molar-refractivity contribution in [1.29, 1.82) is 0 Å². The van der Waals surface area contributed by atoms with Gasteiger partial charge in [0, 0.05) is 12.7 Å². The molecule has 0 saturated heterocycles. The normalized spacial score (nSPS) is 11.9. The van der Waals surface area contributed by atoms with E-state index in [1.165, 1.54) is 11.8 Å². The second-order valence-electron chi connectivity index (χ2n) is 5.27. The van der Waals surface area contributed by atoms with Gasteiger partial charge in [0.1, 0.15) is 11.3 Å². The molecule has 0 saturated carbocycles. The van der Waals surface area contributed by atoms with E-state index in [2.05, 4.69) is 34.2 Å². The molecule has 3 rings (SSSR count). The molecule has 0 aliphatic heterocycles. The van der Waals surface area contributed by atoms with Crippen LogP contribution in [-0.2, 0) is 16.3 Å². The molecule has 1 N–H and O–H groups in total. The number of aromatic amines is 1. The van der Waals surface area contributed by atoms with Crippen LogP contribution in [0, 0.1) is 6.92 Å². The van der Waals surface area contributed by atoms with Crippen LogP contribution in [0.4, 0.5) is 0 Å². The molecule has 0 aliphatic carbocycles. The molecule has 0 fully saturated rings. The topological polar surface area (TPSA) is 62.8 Å². The Morgan fingerprint density at radius 2 is 1.81 bits per heavy atom. The molecule has 3 aromatic rings. The lowest BCUT2D eigenvalue weighted by atomic mass is 10.1. The molecule has 4 nitrogen and oxygen atoms in total. The molecule has 0 atom stereocenters. The van der Waals surface area contributed by atoms with Crippen molar-refractivity contribution in [3.63, 3.8) is 0 Å². The summed E-state index contributed by atoms with van der Waals surface area (Å²) < 4.78 is 23.6. The molecule has 5 heteroatoms. The fourth-order valence-corrected chi connectivity index (χ4v) is 3.17. The largest absolute Gasteiger partial charge is 0.342 e. The Kier molecular flexibility index (Phi) is 3.29. The molecule has 21 heavy (non-hydrogen) atoms. The predicted octanol–water partition coefficient (Wildman–Crippen LogP) is 2.87. The third-order valence-corrected chi connectivity index (χ3v) is 4.54. The number of rotatable bonds is 3. The monoisotopic (exact) mass is 300 g/mol. The SMILES string of the molecule is Cc1ccc(Cc2nc3c(S(C)(=O)=O)cccc3[nH]2)cc1. The fraction of sp³-hybridized carbons (Fsp3) is 0.188. The number of H-pyrrole nitrogens is 1. The van der Waals surface area contributed by atoms with Crippen molar-refractivity contribution in [3.8, 4) is 0 Å². The Balaban J connectivity index is 2.03. The first kappa shape index (κ1) is 13.8. The summed E-state index contributed by atoms with van der Waals surface area (Å²) in [4.78, 5) is 7.93. The van der Waals surface area contributed by atoms with Crippen molar-refractivity contribution in [2.45, 2.75) is 18.2 Å². The Labute approximate surface area is 123 Å². The highest BCUT2D eigenvalue weighted by atomic mass is 32.2. The lowest BCUT2D eigenvalue weighted by Crippen LogP contribution is -1.97. The maximum Gasteiger partial charge on any atom is 0.177 e. The number of hydrogen-bond acceptors (Lipinski definition) is 3. The number of hydrogen-bond donors (Lipinski definition) is 1. The molecule has 1 heterocycles. The van der Waals surface area contributed by atoms with Gasteiger partial charge in [0.2, 0.25) is 0 Å². The van der Waals surface area contributed by atoms with Gasteiger partial charge in [0.25, 0.3) is 0 Å². The first-order valence-corrected chi connectivity index (χ1v) is 8.56. The molecule has 0 unspecified atom stereocenters. The lowest BCUT2D eigenvalue weighted by Gasteiger charge is -1.99. The summed E-state index contributed by atoms with van der Waals surface area (Å²) >= 11 is 0. The van der Waals surface area contributed by atoms with Crippen LogP contribution in [0.5, 0.6) is 0 Å². The van der Waals surface area contributed by atoms with Crippen molar-refractivity contribution in [3.05, 3.63) is 59.4 Å². The zero-order valence-electron chi connectivity index (χ0n) is 11.9. The maximum absolute atomic E-state index is 11.8. The Hall–Kier alpha value is -2.14. The summed E-state index contributed by atoms with van der Waals surface area (Å²) in [6, 6.07) is 13.4. The predicted molar refractivity (Wildman–Crippen MR) is 83.2 cm³/mol. The number of para-hydroxylation sites is 1. The van der Waals surface area contributed by atoms with E-state index in [0.717, 1.165) is 16.9 Å². The van der Waals surface area contributed by atoms with Crippen LogP contribution in [0.25, 0.3) is 11.0 Å². The maximum atomic E-state index is 11.8. The molecule has 0 aliphatic rings. The van der Waals surface area contributed by atoms with E-state index in [1.54, 1.807) is 12.1 Å². The Bertz CT molecular complexity index is 894. The van der Waals surface area contributed by atoms with Gasteiger partial charge >= 0.3 is 0 Å². The summed E-state index contributed by atoms with van der Waals surface area (Å²) in [7, 11) is -3.28. The minimum absolute atomic E-state index is 0.270. The van der Waals surface area contributed by atoms with E-state index < -0.39 is 9.84 Å². The van der Waals surface area contributed by atoms with Crippen LogP contribution in [0.2, 0.25) is 0 Å². The van der Waals surface area contributed by atoms with Crippen molar-refractivity contribution in [2.24, 2.45) is 0 Å². The number of aryl methyl sites for hydroxylation is 1. The quantitative estimate of drug-likeness (QED) is 0.809. The van der Waals surface area contributed by atoms with Gasteiger partial charge in [-0.25, -0.2) is 13.4 Å². The standard InChI is InChI=1S/C16H16N2O2S/c1-11-6-8-12(9-7-11)10-15-17-13-4-3-5-14(16(13)18-15)21(2,19)20/h3-9H,10H2,1-2H3,(H,17,18). The van der Waals surface area contributed by atoms with Crippen LogP contribution in [0.15, 0.2) is 47.4 Å². The Morgan fingerprint density at radius 3 is 2.48 bits per heavy atom. The van der Waals surface area contributed by atoms with Gasteiger partial charge in [-0.1, -0.05) is 35.9 Å². The summed E-state index contributed by atoms with van der Waals surface area (Å²) in [5.41, 5.74) is 3.62. The highest BCUT2D eigenvalue weighted by Crippen LogP contribution is 2.22. The van der Waals surface area contributed by atoms with E-state index in [0.29, 0.717) is 11.9 Å². The van der Waals surface area contributed by atoms with Crippen molar-refractivity contribution < 1.29 is 8.42 Å². The second-order valence-corrected chi connectivity index (χ2v) is 7.25.